The van der Waals surface area contributed by atoms with E-state index in [9.17, 15) is 0 Å². The first-order chi connectivity index (χ1) is 9.24. The molecule has 0 aliphatic heterocycles. The van der Waals surface area contributed by atoms with Crippen LogP contribution in [0.15, 0.2) is 11.4 Å². The fourth-order valence-corrected chi connectivity index (χ4v) is 2.86. The maximum atomic E-state index is 4.52. The fourth-order valence-electron chi connectivity index (χ4n) is 1.99. The Hall–Kier alpha value is -1.20. The summed E-state index contributed by atoms with van der Waals surface area (Å²) in [4.78, 5) is 5.94. The fraction of sp³-hybridized carbons (Fsp3) is 0.571. The van der Waals surface area contributed by atoms with Gasteiger partial charge in [0, 0.05) is 30.8 Å². The summed E-state index contributed by atoms with van der Waals surface area (Å²) in [7, 11) is 0. The molecule has 0 unspecified atom stereocenters. The van der Waals surface area contributed by atoms with Gasteiger partial charge in [-0.15, -0.1) is 11.3 Å². The van der Waals surface area contributed by atoms with Gasteiger partial charge >= 0.3 is 0 Å². The van der Waals surface area contributed by atoms with Crippen molar-refractivity contribution in [1.82, 2.24) is 20.1 Å². The Morgan fingerprint density at radius 1 is 1.32 bits per heavy atom. The van der Waals surface area contributed by atoms with E-state index in [2.05, 4.69) is 47.6 Å². The zero-order valence-electron chi connectivity index (χ0n) is 11.9. The predicted octanol–water partition coefficient (Wildman–Crippen LogP) is 2.56. The van der Waals surface area contributed by atoms with Crippen molar-refractivity contribution in [2.24, 2.45) is 0 Å². The summed E-state index contributed by atoms with van der Waals surface area (Å²) in [6, 6.07) is 2.17. The molecule has 0 bridgehead atoms. The van der Waals surface area contributed by atoms with Crippen LogP contribution in [0.3, 0.4) is 0 Å². The van der Waals surface area contributed by atoms with E-state index in [1.807, 2.05) is 16.0 Å². The summed E-state index contributed by atoms with van der Waals surface area (Å²) in [5, 5.41) is 10.1. The van der Waals surface area contributed by atoms with Crippen molar-refractivity contribution in [1.29, 1.82) is 0 Å². The van der Waals surface area contributed by atoms with Crippen molar-refractivity contribution in [3.05, 3.63) is 33.5 Å². The minimum Gasteiger partial charge on any atom is -0.310 e. The van der Waals surface area contributed by atoms with Gasteiger partial charge < -0.3 is 5.32 Å². The van der Waals surface area contributed by atoms with Crippen molar-refractivity contribution in [3.8, 4) is 0 Å². The van der Waals surface area contributed by atoms with Crippen LogP contribution in [0.25, 0.3) is 0 Å². The average molecular weight is 278 g/mol. The van der Waals surface area contributed by atoms with Crippen LogP contribution in [0.5, 0.6) is 0 Å². The molecule has 19 heavy (non-hydrogen) atoms. The van der Waals surface area contributed by atoms with Gasteiger partial charge in [0.05, 0.1) is 6.54 Å². The van der Waals surface area contributed by atoms with Gasteiger partial charge in [0.15, 0.2) is 5.82 Å². The van der Waals surface area contributed by atoms with Gasteiger partial charge in [0.25, 0.3) is 0 Å². The molecule has 104 valence electrons. The van der Waals surface area contributed by atoms with Crippen LogP contribution in [0.2, 0.25) is 0 Å². The Bertz CT molecular complexity index is 515. The van der Waals surface area contributed by atoms with Crippen molar-refractivity contribution >= 4 is 11.3 Å². The summed E-state index contributed by atoms with van der Waals surface area (Å²) >= 11 is 1.81. The lowest BCUT2D eigenvalue weighted by Crippen LogP contribution is -2.21. The monoisotopic (exact) mass is 278 g/mol. The summed E-state index contributed by atoms with van der Waals surface area (Å²) in [5.41, 5.74) is 1.38. The quantitative estimate of drug-likeness (QED) is 0.792. The normalized spacial score (nSPS) is 11.1. The smallest absolute Gasteiger partial charge is 0.150 e. The van der Waals surface area contributed by atoms with Crippen LogP contribution in [-0.4, -0.2) is 21.3 Å². The number of aryl methyl sites for hydroxylation is 3. The zero-order valence-corrected chi connectivity index (χ0v) is 12.8. The molecule has 2 rings (SSSR count). The molecule has 0 aliphatic rings. The Balaban J connectivity index is 1.82. The lowest BCUT2D eigenvalue weighted by Gasteiger charge is -2.06. The third-order valence-corrected chi connectivity index (χ3v) is 4.20. The van der Waals surface area contributed by atoms with Gasteiger partial charge in [-0.2, -0.15) is 5.10 Å². The van der Waals surface area contributed by atoms with E-state index >= 15 is 0 Å². The molecule has 1 N–H and O–H groups in total. The highest BCUT2D eigenvalue weighted by Gasteiger charge is 2.06. The van der Waals surface area contributed by atoms with E-state index in [1.165, 1.54) is 10.4 Å². The molecule has 2 aromatic rings. The van der Waals surface area contributed by atoms with Crippen molar-refractivity contribution in [3.63, 3.8) is 0 Å². The first kappa shape index (κ1) is 14.2. The van der Waals surface area contributed by atoms with Crippen molar-refractivity contribution in [2.45, 2.75) is 46.7 Å². The van der Waals surface area contributed by atoms with Gasteiger partial charge in [-0.1, -0.05) is 13.8 Å². The Labute approximate surface area is 118 Å². The summed E-state index contributed by atoms with van der Waals surface area (Å²) < 4.78 is 2.03. The minimum absolute atomic E-state index is 0.889. The molecule has 0 fully saturated rings. The Kier molecular flexibility index (Phi) is 5.10. The summed E-state index contributed by atoms with van der Waals surface area (Å²) in [6.45, 7) is 9.14. The summed E-state index contributed by atoms with van der Waals surface area (Å²) in [5.74, 6) is 2.04. The van der Waals surface area contributed by atoms with E-state index in [0.29, 0.717) is 0 Å². The maximum Gasteiger partial charge on any atom is 0.150 e. The molecule has 0 amide bonds. The third-order valence-electron chi connectivity index (χ3n) is 3.18. The number of rotatable bonds is 7. The second-order valence-corrected chi connectivity index (χ2v) is 5.58. The van der Waals surface area contributed by atoms with E-state index in [-0.39, 0.29) is 0 Å². The number of hydrogen-bond acceptors (Lipinski definition) is 4. The van der Waals surface area contributed by atoms with Crippen LogP contribution >= 0.6 is 11.3 Å². The van der Waals surface area contributed by atoms with Gasteiger partial charge in [0.1, 0.15) is 5.82 Å². The predicted molar refractivity (Wildman–Crippen MR) is 79.5 cm³/mol. The van der Waals surface area contributed by atoms with Gasteiger partial charge in [-0.25, -0.2) is 9.67 Å². The highest BCUT2D eigenvalue weighted by atomic mass is 32.1. The lowest BCUT2D eigenvalue weighted by atomic mass is 10.3. The molecule has 0 spiro atoms. The van der Waals surface area contributed by atoms with Crippen molar-refractivity contribution in [2.75, 3.05) is 6.54 Å². The van der Waals surface area contributed by atoms with Crippen LogP contribution in [-0.2, 0) is 25.9 Å². The molecule has 4 nitrogen and oxygen atoms in total. The molecule has 0 radical (unpaired) electrons. The molecular weight excluding hydrogens is 256 g/mol. The lowest BCUT2D eigenvalue weighted by molar-refractivity contribution is 0.534. The second-order valence-electron chi connectivity index (χ2n) is 4.58. The van der Waals surface area contributed by atoms with Crippen molar-refractivity contribution < 1.29 is 0 Å². The van der Waals surface area contributed by atoms with E-state index in [1.54, 1.807) is 0 Å². The topological polar surface area (TPSA) is 42.7 Å². The molecule has 2 aromatic heterocycles. The third kappa shape index (κ3) is 3.64. The average Bonchev–Trinajstić information content (AvgIpc) is 3.01. The van der Waals surface area contributed by atoms with Gasteiger partial charge in [-0.05, 0) is 23.9 Å². The van der Waals surface area contributed by atoms with Crippen LogP contribution in [0, 0.1) is 6.92 Å². The van der Waals surface area contributed by atoms with E-state index in [0.717, 1.165) is 44.1 Å². The van der Waals surface area contributed by atoms with Gasteiger partial charge in [0.2, 0.25) is 0 Å². The number of hydrogen-bond donors (Lipinski definition) is 1. The Morgan fingerprint density at radius 3 is 2.79 bits per heavy atom. The highest BCUT2D eigenvalue weighted by molar-refractivity contribution is 7.10. The van der Waals surface area contributed by atoms with Gasteiger partial charge in [-0.3, -0.25) is 0 Å². The second kappa shape index (κ2) is 6.82. The molecule has 0 atom stereocenters. The number of nitrogens with zero attached hydrogens (tertiary/aromatic N) is 3. The van der Waals surface area contributed by atoms with Crippen LogP contribution in [0.4, 0.5) is 0 Å². The first-order valence-electron chi connectivity index (χ1n) is 6.90. The Morgan fingerprint density at radius 2 is 2.16 bits per heavy atom. The number of aromatic nitrogens is 3. The largest absolute Gasteiger partial charge is 0.310 e. The first-order valence-corrected chi connectivity index (χ1v) is 7.78. The van der Waals surface area contributed by atoms with E-state index < -0.39 is 0 Å². The molecular formula is C14H22N4S. The molecule has 0 aliphatic carbocycles. The number of thiophene rings is 1. The number of nitrogens with one attached hydrogen (secondary N) is 1. The zero-order chi connectivity index (χ0) is 13.7. The minimum atomic E-state index is 0.889. The van der Waals surface area contributed by atoms with Crippen LogP contribution < -0.4 is 5.32 Å². The molecule has 5 heteroatoms. The van der Waals surface area contributed by atoms with E-state index in [4.69, 9.17) is 0 Å². The molecule has 0 aromatic carbocycles. The van der Waals surface area contributed by atoms with Crippen LogP contribution in [0.1, 0.15) is 35.9 Å². The highest BCUT2D eigenvalue weighted by Crippen LogP contribution is 2.14. The SMILES string of the molecule is CCc1nc(CC)n(CCNCc2sccc2C)n1. The molecule has 0 saturated carbocycles. The summed E-state index contributed by atoms with van der Waals surface area (Å²) in [6.07, 6.45) is 1.85. The standard InChI is InChI=1S/C14H22N4S/c1-4-13-16-14(5-2)18(17-13)8-7-15-10-12-11(3)6-9-19-12/h6,9,15H,4-5,7-8,10H2,1-3H3. The molecule has 2 heterocycles. The molecule has 0 saturated heterocycles. The maximum absolute atomic E-state index is 4.52.